The van der Waals surface area contributed by atoms with Gasteiger partial charge in [-0.2, -0.15) is 0 Å². The molecule has 4 rings (SSSR count). The molecule has 0 aliphatic carbocycles. The predicted molar refractivity (Wildman–Crippen MR) is 117 cm³/mol. The van der Waals surface area contributed by atoms with Crippen LogP contribution in [0.15, 0.2) is 69.9 Å². The Morgan fingerprint density at radius 2 is 1.77 bits per heavy atom. The van der Waals surface area contributed by atoms with Crippen molar-refractivity contribution in [1.82, 2.24) is 0 Å². The van der Waals surface area contributed by atoms with Crippen LogP contribution in [0.4, 0.5) is 4.39 Å². The van der Waals surface area contributed by atoms with E-state index in [2.05, 4.69) is 0 Å². The third-order valence-electron chi connectivity index (χ3n) is 5.28. The van der Waals surface area contributed by atoms with Crippen molar-refractivity contribution in [3.63, 3.8) is 0 Å². The van der Waals surface area contributed by atoms with Gasteiger partial charge in [0, 0.05) is 28.5 Å². The number of benzene rings is 3. The second kappa shape index (κ2) is 8.33. The lowest BCUT2D eigenvalue weighted by molar-refractivity contribution is 0.304. The van der Waals surface area contributed by atoms with Crippen LogP contribution in [0.5, 0.6) is 5.75 Å². The Hall–Kier alpha value is -3.11. The van der Waals surface area contributed by atoms with Crippen LogP contribution in [-0.4, -0.2) is 0 Å². The van der Waals surface area contributed by atoms with E-state index in [-0.39, 0.29) is 12.2 Å². The molecule has 0 aliphatic rings. The summed E-state index contributed by atoms with van der Waals surface area (Å²) in [5.74, 6) is 0.190. The zero-order valence-electron chi connectivity index (χ0n) is 16.7. The maximum absolute atomic E-state index is 13.2. The number of ether oxygens (including phenoxy) is 1. The molecule has 152 valence electrons. The van der Waals surface area contributed by atoms with E-state index >= 15 is 0 Å². The minimum atomic E-state index is -0.394. The van der Waals surface area contributed by atoms with Crippen LogP contribution < -0.4 is 10.4 Å². The Morgan fingerprint density at radius 1 is 1.00 bits per heavy atom. The molecule has 3 aromatic carbocycles. The highest BCUT2D eigenvalue weighted by Gasteiger charge is 2.16. The van der Waals surface area contributed by atoms with Crippen molar-refractivity contribution in [1.29, 1.82) is 0 Å². The van der Waals surface area contributed by atoms with E-state index in [9.17, 15) is 9.18 Å². The molecule has 0 fully saturated rings. The zero-order valence-corrected chi connectivity index (χ0v) is 17.4. The van der Waals surface area contributed by atoms with Crippen molar-refractivity contribution in [3.8, 4) is 5.75 Å². The third kappa shape index (κ3) is 3.96. The van der Waals surface area contributed by atoms with Gasteiger partial charge in [0.05, 0.1) is 5.02 Å². The number of rotatable bonds is 5. The van der Waals surface area contributed by atoms with Gasteiger partial charge in [0.2, 0.25) is 0 Å². The summed E-state index contributed by atoms with van der Waals surface area (Å²) in [5, 5.41) is 1.19. The molecule has 0 amide bonds. The quantitative estimate of drug-likeness (QED) is 0.351. The van der Waals surface area contributed by atoms with Crippen LogP contribution in [0.2, 0.25) is 5.02 Å². The van der Waals surface area contributed by atoms with E-state index in [0.29, 0.717) is 33.9 Å². The standard InChI is InChI=1S/C25H20ClFO3/c1-15-20-10-11-23(29-14-18-8-9-19(27)13-22(18)26)16(2)24(20)30-25(28)21(15)12-17-6-4-3-5-7-17/h3-11,13H,12,14H2,1-2H3. The summed E-state index contributed by atoms with van der Waals surface area (Å²) in [6, 6.07) is 17.8. The van der Waals surface area contributed by atoms with Crippen molar-refractivity contribution in [2.75, 3.05) is 0 Å². The van der Waals surface area contributed by atoms with Gasteiger partial charge in [-0.3, -0.25) is 0 Å². The lowest BCUT2D eigenvalue weighted by atomic mass is 9.98. The van der Waals surface area contributed by atoms with Crippen molar-refractivity contribution < 1.29 is 13.5 Å². The highest BCUT2D eigenvalue weighted by molar-refractivity contribution is 6.31. The second-order valence-electron chi connectivity index (χ2n) is 7.25. The van der Waals surface area contributed by atoms with E-state index in [1.54, 1.807) is 6.07 Å². The fourth-order valence-corrected chi connectivity index (χ4v) is 3.75. The molecule has 3 nitrogen and oxygen atoms in total. The van der Waals surface area contributed by atoms with Crippen LogP contribution in [-0.2, 0) is 13.0 Å². The summed E-state index contributed by atoms with van der Waals surface area (Å²) in [4.78, 5) is 12.7. The number of hydrogen-bond acceptors (Lipinski definition) is 3. The molecule has 4 aromatic rings. The molecule has 30 heavy (non-hydrogen) atoms. The molecule has 0 aliphatic heterocycles. The first kappa shape index (κ1) is 20.2. The molecule has 0 saturated carbocycles. The van der Waals surface area contributed by atoms with Gasteiger partial charge >= 0.3 is 5.63 Å². The average molecular weight is 423 g/mol. The van der Waals surface area contributed by atoms with Gasteiger partial charge in [0.25, 0.3) is 0 Å². The SMILES string of the molecule is Cc1c(Cc2ccccc2)c(=O)oc2c(C)c(OCc3ccc(F)cc3Cl)ccc12. The molecule has 0 saturated heterocycles. The molecule has 0 spiro atoms. The molecule has 0 N–H and O–H groups in total. The topological polar surface area (TPSA) is 39.4 Å². The zero-order chi connectivity index (χ0) is 21.3. The second-order valence-corrected chi connectivity index (χ2v) is 7.65. The van der Waals surface area contributed by atoms with E-state index in [1.165, 1.54) is 12.1 Å². The summed E-state index contributed by atoms with van der Waals surface area (Å²) >= 11 is 6.08. The first-order valence-corrected chi connectivity index (χ1v) is 9.98. The van der Waals surface area contributed by atoms with Gasteiger partial charge < -0.3 is 9.15 Å². The molecule has 5 heteroatoms. The Balaban J connectivity index is 1.67. The van der Waals surface area contributed by atoms with Gasteiger partial charge in [0.15, 0.2) is 0 Å². The van der Waals surface area contributed by atoms with Gasteiger partial charge in [-0.05, 0) is 49.2 Å². The molecule has 0 atom stereocenters. The molecular weight excluding hydrogens is 403 g/mol. The predicted octanol–water partition coefficient (Wildman–Crippen LogP) is 6.37. The molecular formula is C25H20ClFO3. The summed E-state index contributed by atoms with van der Waals surface area (Å²) in [6.07, 6.45) is 0.519. The van der Waals surface area contributed by atoms with Crippen LogP contribution in [0.25, 0.3) is 11.0 Å². The third-order valence-corrected chi connectivity index (χ3v) is 5.63. The Morgan fingerprint density at radius 3 is 2.50 bits per heavy atom. The summed E-state index contributed by atoms with van der Waals surface area (Å²) in [5.41, 5.74) is 4.19. The average Bonchev–Trinajstić information content (AvgIpc) is 2.73. The van der Waals surface area contributed by atoms with E-state index in [0.717, 1.165) is 22.1 Å². The van der Waals surface area contributed by atoms with Gasteiger partial charge in [-0.1, -0.05) is 48.0 Å². The number of fused-ring (bicyclic) bond motifs is 1. The van der Waals surface area contributed by atoms with E-state index < -0.39 is 5.82 Å². The molecule has 0 radical (unpaired) electrons. The highest BCUT2D eigenvalue weighted by Crippen LogP contribution is 2.31. The summed E-state index contributed by atoms with van der Waals surface area (Å²) in [7, 11) is 0. The summed E-state index contributed by atoms with van der Waals surface area (Å²) in [6.45, 7) is 3.97. The lowest BCUT2D eigenvalue weighted by Crippen LogP contribution is -2.11. The Labute approximate surface area is 178 Å². The van der Waals surface area contributed by atoms with Crippen LogP contribution >= 0.6 is 11.6 Å². The molecule has 1 aromatic heterocycles. The number of hydrogen-bond donors (Lipinski definition) is 0. The number of halogens is 2. The lowest BCUT2D eigenvalue weighted by Gasteiger charge is -2.14. The van der Waals surface area contributed by atoms with Crippen LogP contribution in [0.3, 0.4) is 0 Å². The summed E-state index contributed by atoms with van der Waals surface area (Å²) < 4.78 is 24.8. The van der Waals surface area contributed by atoms with Gasteiger partial charge in [-0.25, -0.2) is 9.18 Å². The van der Waals surface area contributed by atoms with Crippen LogP contribution in [0.1, 0.15) is 27.8 Å². The first-order chi connectivity index (χ1) is 14.4. The van der Waals surface area contributed by atoms with E-state index in [1.807, 2.05) is 56.3 Å². The van der Waals surface area contributed by atoms with E-state index in [4.69, 9.17) is 20.8 Å². The minimum absolute atomic E-state index is 0.181. The van der Waals surface area contributed by atoms with Gasteiger partial charge in [0.1, 0.15) is 23.8 Å². The molecule has 1 heterocycles. The minimum Gasteiger partial charge on any atom is -0.488 e. The van der Waals surface area contributed by atoms with Crippen molar-refractivity contribution in [2.24, 2.45) is 0 Å². The molecule has 0 bridgehead atoms. The highest BCUT2D eigenvalue weighted by atomic mass is 35.5. The first-order valence-electron chi connectivity index (χ1n) is 9.60. The maximum atomic E-state index is 13.2. The maximum Gasteiger partial charge on any atom is 0.340 e. The normalized spacial score (nSPS) is 11.1. The van der Waals surface area contributed by atoms with Crippen molar-refractivity contribution in [2.45, 2.75) is 26.9 Å². The Kier molecular flexibility index (Phi) is 5.60. The monoisotopic (exact) mass is 422 g/mol. The van der Waals surface area contributed by atoms with Gasteiger partial charge in [-0.15, -0.1) is 0 Å². The van der Waals surface area contributed by atoms with Crippen molar-refractivity contribution in [3.05, 3.63) is 110 Å². The smallest absolute Gasteiger partial charge is 0.340 e. The fourth-order valence-electron chi connectivity index (χ4n) is 3.53. The number of aryl methyl sites for hydroxylation is 2. The largest absolute Gasteiger partial charge is 0.488 e. The van der Waals surface area contributed by atoms with Crippen LogP contribution in [0, 0.1) is 19.7 Å². The fraction of sp³-hybridized carbons (Fsp3) is 0.160. The Bertz CT molecular complexity index is 1280. The van der Waals surface area contributed by atoms with Crippen molar-refractivity contribution >= 4 is 22.6 Å². The molecule has 0 unspecified atom stereocenters.